The monoisotopic (exact) mass is 165 g/mol. The SMILES string of the molecule is FNc1c(F)cc(F)cc1F. The maximum absolute atomic E-state index is 12.3. The Kier molecular flexibility index (Phi) is 1.98. The first kappa shape index (κ1) is 7.84. The van der Waals surface area contributed by atoms with Crippen LogP contribution < -0.4 is 5.54 Å². The zero-order chi connectivity index (χ0) is 8.43. The Balaban J connectivity index is 3.25. The van der Waals surface area contributed by atoms with Gasteiger partial charge in [0, 0.05) is 12.1 Å². The van der Waals surface area contributed by atoms with E-state index in [0.29, 0.717) is 12.1 Å². The van der Waals surface area contributed by atoms with Crippen molar-refractivity contribution in [3.05, 3.63) is 29.6 Å². The molecule has 11 heavy (non-hydrogen) atoms. The summed E-state index contributed by atoms with van der Waals surface area (Å²) in [6, 6.07) is 0.760. The predicted octanol–water partition coefficient (Wildman–Crippen LogP) is 2.40. The number of hydrogen-bond donors (Lipinski definition) is 1. The minimum absolute atomic E-state index is 0.380. The van der Waals surface area contributed by atoms with Crippen LogP contribution in [0.2, 0.25) is 0 Å². The highest BCUT2D eigenvalue weighted by molar-refractivity contribution is 5.44. The number of nitrogens with one attached hydrogen (secondary N) is 1. The fourth-order valence-electron chi connectivity index (χ4n) is 0.632. The third kappa shape index (κ3) is 1.42. The molecule has 0 amide bonds. The summed E-state index contributed by atoms with van der Waals surface area (Å²) in [6.45, 7) is 0. The molecule has 1 rings (SSSR count). The van der Waals surface area contributed by atoms with E-state index in [2.05, 4.69) is 0 Å². The highest BCUT2D eigenvalue weighted by atomic mass is 19.2. The number of rotatable bonds is 1. The van der Waals surface area contributed by atoms with Gasteiger partial charge in [-0.3, -0.25) is 0 Å². The molecule has 0 saturated heterocycles. The second-order valence-electron chi connectivity index (χ2n) is 1.84. The van der Waals surface area contributed by atoms with E-state index < -0.39 is 23.1 Å². The molecule has 0 fully saturated rings. The van der Waals surface area contributed by atoms with Gasteiger partial charge in [-0.15, -0.1) is 4.48 Å². The second kappa shape index (κ2) is 2.77. The van der Waals surface area contributed by atoms with Gasteiger partial charge in [-0.05, 0) is 0 Å². The Morgan fingerprint density at radius 3 is 1.82 bits per heavy atom. The fourth-order valence-corrected chi connectivity index (χ4v) is 0.632. The molecule has 0 heterocycles. The van der Waals surface area contributed by atoms with Gasteiger partial charge in [0.05, 0.1) is 0 Å². The van der Waals surface area contributed by atoms with Gasteiger partial charge >= 0.3 is 0 Å². The molecule has 5 heteroatoms. The standard InChI is InChI=1S/C6H3F4N/c7-3-1-4(8)6(11-10)5(9)2-3/h1-2,11H. The van der Waals surface area contributed by atoms with Gasteiger partial charge in [0.25, 0.3) is 0 Å². The van der Waals surface area contributed by atoms with E-state index in [1.54, 1.807) is 0 Å². The zero-order valence-electron chi connectivity index (χ0n) is 5.17. The van der Waals surface area contributed by atoms with Crippen LogP contribution in [0.1, 0.15) is 0 Å². The molecule has 0 bridgehead atoms. The van der Waals surface area contributed by atoms with Crippen molar-refractivity contribution in [2.24, 2.45) is 0 Å². The topological polar surface area (TPSA) is 12.0 Å². The molecule has 1 aromatic carbocycles. The Morgan fingerprint density at radius 1 is 1.00 bits per heavy atom. The number of halogens is 4. The van der Waals surface area contributed by atoms with Crippen LogP contribution in [0.15, 0.2) is 12.1 Å². The van der Waals surface area contributed by atoms with E-state index in [0.717, 1.165) is 5.54 Å². The average molecular weight is 165 g/mol. The highest BCUT2D eigenvalue weighted by Gasteiger charge is 2.10. The van der Waals surface area contributed by atoms with Gasteiger partial charge in [0.1, 0.15) is 11.5 Å². The summed E-state index contributed by atoms with van der Waals surface area (Å²) in [5.74, 6) is -3.69. The molecule has 0 saturated carbocycles. The van der Waals surface area contributed by atoms with E-state index in [4.69, 9.17) is 0 Å². The average Bonchev–Trinajstić information content (AvgIpc) is 1.85. The summed E-state index contributed by atoms with van der Waals surface area (Å²) in [4.78, 5) is 0. The molecule has 0 unspecified atom stereocenters. The summed E-state index contributed by atoms with van der Waals surface area (Å²) in [5.41, 5.74) is -0.206. The second-order valence-corrected chi connectivity index (χ2v) is 1.84. The molecule has 1 nitrogen and oxygen atoms in total. The lowest BCUT2D eigenvalue weighted by molar-refractivity contribution is 0.524. The van der Waals surface area contributed by atoms with Crippen LogP contribution in [0.25, 0.3) is 0 Å². The largest absolute Gasteiger partial charge is 0.219 e. The first-order chi connectivity index (χ1) is 5.15. The first-order valence-electron chi connectivity index (χ1n) is 2.66. The number of benzene rings is 1. The van der Waals surface area contributed by atoms with E-state index in [-0.39, 0.29) is 0 Å². The molecule has 0 aromatic heterocycles. The molecule has 1 N–H and O–H groups in total. The fraction of sp³-hybridized carbons (Fsp3) is 0. The lowest BCUT2D eigenvalue weighted by Gasteiger charge is -1.99. The van der Waals surface area contributed by atoms with Gasteiger partial charge in [-0.1, -0.05) is 0 Å². The van der Waals surface area contributed by atoms with Crippen LogP contribution in [-0.2, 0) is 0 Å². The minimum Gasteiger partial charge on any atom is -0.219 e. The summed E-state index contributed by atoms with van der Waals surface area (Å²) in [5, 5.41) is 0. The molecule has 0 aliphatic carbocycles. The molecule has 60 valence electrons. The van der Waals surface area contributed by atoms with Crippen molar-refractivity contribution in [2.45, 2.75) is 0 Å². The predicted molar refractivity (Wildman–Crippen MR) is 31.0 cm³/mol. The number of anilines is 1. The lowest BCUT2D eigenvalue weighted by atomic mass is 10.3. The van der Waals surface area contributed by atoms with Crippen molar-refractivity contribution in [2.75, 3.05) is 5.54 Å². The van der Waals surface area contributed by atoms with Crippen molar-refractivity contribution in [1.82, 2.24) is 0 Å². The quantitative estimate of drug-likeness (QED) is 0.497. The Labute approximate surface area is 59.6 Å². The van der Waals surface area contributed by atoms with Crippen LogP contribution in [0, 0.1) is 17.5 Å². The normalized spacial score (nSPS) is 9.82. The van der Waals surface area contributed by atoms with Gasteiger partial charge in [-0.25, -0.2) is 18.7 Å². The van der Waals surface area contributed by atoms with E-state index in [1.807, 2.05) is 0 Å². The van der Waals surface area contributed by atoms with Gasteiger partial charge in [0.15, 0.2) is 11.6 Å². The molecule has 0 radical (unpaired) electrons. The van der Waals surface area contributed by atoms with Crippen LogP contribution in [0.4, 0.5) is 23.3 Å². The van der Waals surface area contributed by atoms with Crippen LogP contribution in [0.3, 0.4) is 0 Å². The van der Waals surface area contributed by atoms with Gasteiger partial charge in [0.2, 0.25) is 0 Å². The van der Waals surface area contributed by atoms with Crippen molar-refractivity contribution < 1.29 is 17.7 Å². The van der Waals surface area contributed by atoms with Gasteiger partial charge < -0.3 is 0 Å². The molecule has 0 aliphatic heterocycles. The minimum atomic E-state index is -1.30. The van der Waals surface area contributed by atoms with E-state index in [9.17, 15) is 17.7 Å². The van der Waals surface area contributed by atoms with Crippen LogP contribution in [-0.4, -0.2) is 0 Å². The Bertz CT molecular complexity index is 250. The molecule has 0 aliphatic rings. The van der Waals surface area contributed by atoms with Gasteiger partial charge in [-0.2, -0.15) is 0 Å². The smallest absolute Gasteiger partial charge is 0.154 e. The van der Waals surface area contributed by atoms with Crippen molar-refractivity contribution in [3.8, 4) is 0 Å². The lowest BCUT2D eigenvalue weighted by Crippen LogP contribution is -1.93. The maximum Gasteiger partial charge on any atom is 0.154 e. The maximum atomic E-state index is 12.3. The molecule has 1 aromatic rings. The van der Waals surface area contributed by atoms with E-state index in [1.165, 1.54) is 0 Å². The summed E-state index contributed by atoms with van der Waals surface area (Å²) in [6.07, 6.45) is 0. The zero-order valence-corrected chi connectivity index (χ0v) is 5.17. The third-order valence-corrected chi connectivity index (χ3v) is 1.10. The molecular formula is C6H3F4N. The summed E-state index contributed by atoms with van der Waals surface area (Å²) in [7, 11) is 0. The molecular weight excluding hydrogens is 162 g/mol. The third-order valence-electron chi connectivity index (χ3n) is 1.10. The van der Waals surface area contributed by atoms with Crippen molar-refractivity contribution in [3.63, 3.8) is 0 Å². The Hall–Kier alpha value is -1.26. The number of hydrogen-bond acceptors (Lipinski definition) is 1. The Morgan fingerprint density at radius 2 is 1.45 bits per heavy atom. The molecule has 0 spiro atoms. The van der Waals surface area contributed by atoms with Crippen LogP contribution in [0.5, 0.6) is 0 Å². The highest BCUT2D eigenvalue weighted by Crippen LogP contribution is 2.19. The van der Waals surface area contributed by atoms with Crippen molar-refractivity contribution in [1.29, 1.82) is 0 Å². The van der Waals surface area contributed by atoms with Crippen molar-refractivity contribution >= 4 is 5.69 Å². The van der Waals surface area contributed by atoms with Crippen LogP contribution >= 0.6 is 0 Å². The van der Waals surface area contributed by atoms with E-state index >= 15 is 0 Å². The molecule has 0 atom stereocenters. The summed E-state index contributed by atoms with van der Waals surface area (Å²) < 4.78 is 48.3. The first-order valence-corrected chi connectivity index (χ1v) is 2.66. The summed E-state index contributed by atoms with van der Waals surface area (Å²) >= 11 is 0.